The summed E-state index contributed by atoms with van der Waals surface area (Å²) < 4.78 is 19.7. The summed E-state index contributed by atoms with van der Waals surface area (Å²) in [5, 5.41) is 0. The van der Waals surface area contributed by atoms with Crippen LogP contribution in [0.2, 0.25) is 0 Å². The van der Waals surface area contributed by atoms with E-state index in [2.05, 4.69) is 34.6 Å². The Hall–Kier alpha value is -1.30. The maximum absolute atomic E-state index is 6.89. The lowest BCUT2D eigenvalue weighted by atomic mass is 9.44. The van der Waals surface area contributed by atoms with Crippen LogP contribution in [-0.2, 0) is 20.6 Å². The molecule has 4 aliphatic carbocycles. The summed E-state index contributed by atoms with van der Waals surface area (Å²) in [5.41, 5.74) is 15.6. The Morgan fingerprint density at radius 1 is 0.974 bits per heavy atom. The summed E-state index contributed by atoms with van der Waals surface area (Å²) >= 11 is 0. The first-order valence-corrected chi connectivity index (χ1v) is 16.2. The monoisotopic (exact) mass is 538 g/mol. The van der Waals surface area contributed by atoms with Gasteiger partial charge in [-0.15, -0.1) is 0 Å². The van der Waals surface area contributed by atoms with Crippen LogP contribution in [0.3, 0.4) is 0 Å². The van der Waals surface area contributed by atoms with Crippen molar-refractivity contribution >= 4 is 11.4 Å². The van der Waals surface area contributed by atoms with Crippen molar-refractivity contribution in [1.82, 2.24) is 0 Å². The second-order valence-electron chi connectivity index (χ2n) is 14.5. The van der Waals surface area contributed by atoms with Crippen molar-refractivity contribution in [1.29, 1.82) is 0 Å². The summed E-state index contributed by atoms with van der Waals surface area (Å²) in [5.74, 6) is 4.08. The van der Waals surface area contributed by atoms with E-state index < -0.39 is 0 Å². The molecule has 5 aliphatic rings. The maximum atomic E-state index is 6.89. The summed E-state index contributed by atoms with van der Waals surface area (Å²) in [6.45, 7) is 13.6. The highest BCUT2D eigenvalue weighted by Crippen LogP contribution is 2.71. The highest BCUT2D eigenvalue weighted by atomic mass is 16.7. The molecule has 39 heavy (non-hydrogen) atoms. The van der Waals surface area contributed by atoms with Crippen molar-refractivity contribution in [3.8, 4) is 0 Å². The molecular weight excluding hydrogens is 484 g/mol. The fraction of sp³-hybridized carbons (Fsp3) is 0.824. The van der Waals surface area contributed by atoms with E-state index in [0.29, 0.717) is 34.9 Å². The molecule has 1 saturated heterocycles. The van der Waals surface area contributed by atoms with Gasteiger partial charge in [0, 0.05) is 23.9 Å². The molecule has 218 valence electrons. The Kier molecular flexibility index (Phi) is 7.29. The fourth-order valence-corrected chi connectivity index (χ4v) is 11.1. The second-order valence-corrected chi connectivity index (χ2v) is 14.5. The van der Waals surface area contributed by atoms with Crippen LogP contribution in [-0.4, -0.2) is 31.2 Å². The molecule has 0 amide bonds. The smallest absolute Gasteiger partial charge is 0.171 e. The van der Waals surface area contributed by atoms with Gasteiger partial charge < -0.3 is 25.7 Å². The summed E-state index contributed by atoms with van der Waals surface area (Å²) in [4.78, 5) is 0. The highest BCUT2D eigenvalue weighted by molar-refractivity contribution is 5.56. The molecule has 5 nitrogen and oxygen atoms in total. The Labute approximate surface area is 237 Å². The highest BCUT2D eigenvalue weighted by Gasteiger charge is 2.68. The molecule has 1 aliphatic heterocycles. The van der Waals surface area contributed by atoms with Crippen LogP contribution in [0.5, 0.6) is 0 Å². The van der Waals surface area contributed by atoms with Crippen LogP contribution in [0.25, 0.3) is 0 Å². The third-order valence-electron chi connectivity index (χ3n) is 13.1. The number of rotatable bonds is 7. The van der Waals surface area contributed by atoms with E-state index in [1.54, 1.807) is 0 Å². The number of hydrogen-bond donors (Lipinski definition) is 2. The van der Waals surface area contributed by atoms with Crippen molar-refractivity contribution in [3.63, 3.8) is 0 Å². The van der Waals surface area contributed by atoms with E-state index in [0.717, 1.165) is 66.7 Å². The lowest BCUT2D eigenvalue weighted by molar-refractivity contribution is -0.247. The van der Waals surface area contributed by atoms with Gasteiger partial charge in [0.25, 0.3) is 0 Å². The lowest BCUT2D eigenvalue weighted by Gasteiger charge is -2.61. The maximum Gasteiger partial charge on any atom is 0.171 e. The van der Waals surface area contributed by atoms with E-state index in [1.165, 1.54) is 51.4 Å². The molecule has 5 heteroatoms. The zero-order valence-electron chi connectivity index (χ0n) is 25.2. The molecule has 1 heterocycles. The Balaban J connectivity index is 1.10. The molecule has 4 saturated carbocycles. The van der Waals surface area contributed by atoms with Gasteiger partial charge in [-0.3, -0.25) is 0 Å². The average molecular weight is 539 g/mol. The molecule has 11 atom stereocenters. The Morgan fingerprint density at radius 2 is 1.77 bits per heavy atom. The summed E-state index contributed by atoms with van der Waals surface area (Å²) in [7, 11) is 0. The second kappa shape index (κ2) is 10.2. The number of hydrogen-bond acceptors (Lipinski definition) is 5. The minimum atomic E-state index is -0.365. The standard InChI is InChI=1S/C34H54N2O3/c1-6-34(38-7-2)21(3)31-30(39-34)20-28-26-11-9-23-18-25(37-17-14-22-8-10-24(35)19-29(22)36)12-15-32(23,4)27(26)13-16-33(28,31)5/h8,10,19,21,23,25-28,30-31H,6-7,9,11-18,20,35-36H2,1-5H3. The molecule has 0 spiro atoms. The summed E-state index contributed by atoms with van der Waals surface area (Å²) in [6.07, 6.45) is 13.1. The SMILES string of the molecule is CCOC1(CC)OC2CC3C4CCC5CC(OCCc6ccc(N)cc6N)CCC5(C)C4CCC3(C)C2C1C. The molecule has 6 rings (SSSR count). The van der Waals surface area contributed by atoms with E-state index >= 15 is 0 Å². The predicted octanol–water partition coefficient (Wildman–Crippen LogP) is 7.23. The summed E-state index contributed by atoms with van der Waals surface area (Å²) in [6, 6.07) is 5.85. The van der Waals surface area contributed by atoms with Crippen molar-refractivity contribution < 1.29 is 14.2 Å². The van der Waals surface area contributed by atoms with Gasteiger partial charge in [0.05, 0.1) is 18.8 Å². The molecule has 0 radical (unpaired) electrons. The molecule has 0 aromatic heterocycles. The molecule has 1 aromatic carbocycles. The molecular formula is C34H54N2O3. The van der Waals surface area contributed by atoms with Crippen LogP contribution in [0.4, 0.5) is 11.4 Å². The minimum absolute atomic E-state index is 0.365. The van der Waals surface area contributed by atoms with Gasteiger partial charge in [0.1, 0.15) is 0 Å². The zero-order valence-corrected chi connectivity index (χ0v) is 25.2. The number of benzene rings is 1. The van der Waals surface area contributed by atoms with Gasteiger partial charge in [-0.05, 0) is 129 Å². The minimum Gasteiger partial charge on any atom is -0.399 e. The fourth-order valence-electron chi connectivity index (χ4n) is 11.1. The third kappa shape index (κ3) is 4.36. The Bertz CT molecular complexity index is 1050. The molecule has 11 unspecified atom stereocenters. The van der Waals surface area contributed by atoms with Crippen LogP contribution in [0, 0.1) is 46.3 Å². The van der Waals surface area contributed by atoms with Crippen LogP contribution in [0.15, 0.2) is 18.2 Å². The van der Waals surface area contributed by atoms with Gasteiger partial charge >= 0.3 is 0 Å². The zero-order chi connectivity index (χ0) is 27.6. The molecule has 0 bridgehead atoms. The van der Waals surface area contributed by atoms with Crippen LogP contribution in [0.1, 0.15) is 98.0 Å². The normalized spacial score (nSPS) is 46.8. The lowest BCUT2D eigenvalue weighted by Crippen LogP contribution is -2.55. The van der Waals surface area contributed by atoms with Gasteiger partial charge in [-0.1, -0.05) is 33.8 Å². The van der Waals surface area contributed by atoms with Crippen molar-refractivity contribution in [2.75, 3.05) is 24.7 Å². The first-order valence-electron chi connectivity index (χ1n) is 16.2. The number of ether oxygens (including phenoxy) is 3. The van der Waals surface area contributed by atoms with Crippen molar-refractivity contribution in [2.45, 2.75) is 117 Å². The van der Waals surface area contributed by atoms with E-state index in [4.69, 9.17) is 25.7 Å². The Morgan fingerprint density at radius 3 is 2.51 bits per heavy atom. The van der Waals surface area contributed by atoms with Crippen molar-refractivity contribution in [3.05, 3.63) is 23.8 Å². The quantitative estimate of drug-likeness (QED) is 0.358. The van der Waals surface area contributed by atoms with Gasteiger partial charge in [0.2, 0.25) is 0 Å². The van der Waals surface area contributed by atoms with Gasteiger partial charge in [0.15, 0.2) is 5.79 Å². The third-order valence-corrected chi connectivity index (χ3v) is 13.1. The topological polar surface area (TPSA) is 79.7 Å². The molecule has 1 aromatic rings. The van der Waals surface area contributed by atoms with Gasteiger partial charge in [-0.25, -0.2) is 0 Å². The largest absolute Gasteiger partial charge is 0.399 e. The first kappa shape index (κ1) is 27.8. The van der Waals surface area contributed by atoms with Crippen molar-refractivity contribution in [2.24, 2.45) is 46.3 Å². The predicted molar refractivity (Wildman–Crippen MR) is 158 cm³/mol. The molecule has 4 N–H and O–H groups in total. The van der Waals surface area contributed by atoms with E-state index in [-0.39, 0.29) is 5.79 Å². The number of nitrogens with two attached hydrogens (primary N) is 2. The van der Waals surface area contributed by atoms with E-state index in [1.807, 2.05) is 18.2 Å². The average Bonchev–Trinajstić information content (AvgIpc) is 3.36. The number of fused-ring (bicyclic) bond motifs is 7. The van der Waals surface area contributed by atoms with Gasteiger partial charge in [-0.2, -0.15) is 0 Å². The van der Waals surface area contributed by atoms with Crippen LogP contribution < -0.4 is 11.5 Å². The molecule has 5 fully saturated rings. The number of anilines is 2. The van der Waals surface area contributed by atoms with E-state index in [9.17, 15) is 0 Å². The van der Waals surface area contributed by atoms with Crippen LogP contribution >= 0.6 is 0 Å². The first-order chi connectivity index (χ1) is 18.6. The number of nitrogen functional groups attached to an aromatic ring is 2.